The van der Waals surface area contributed by atoms with Gasteiger partial charge in [0.1, 0.15) is 0 Å². The van der Waals surface area contributed by atoms with Crippen molar-refractivity contribution in [2.45, 2.75) is 39.0 Å². The van der Waals surface area contributed by atoms with Crippen LogP contribution >= 0.6 is 0 Å². The lowest BCUT2D eigenvalue weighted by Gasteiger charge is -2.19. The second kappa shape index (κ2) is 3.69. The van der Waals surface area contributed by atoms with Gasteiger partial charge in [0.05, 0.1) is 0 Å². The van der Waals surface area contributed by atoms with Crippen LogP contribution in [0, 0.1) is 11.8 Å². The van der Waals surface area contributed by atoms with Crippen LogP contribution in [-0.2, 0) is 4.79 Å². The van der Waals surface area contributed by atoms with E-state index in [0.29, 0.717) is 11.8 Å². The molecule has 74 valence electrons. The Balaban J connectivity index is 1.89. The fourth-order valence-electron chi connectivity index (χ4n) is 2.57. The minimum Gasteiger partial charge on any atom is -0.342 e. The van der Waals surface area contributed by atoms with E-state index in [-0.39, 0.29) is 0 Å². The first-order valence-electron chi connectivity index (χ1n) is 5.56. The summed E-state index contributed by atoms with van der Waals surface area (Å²) in [5, 5.41) is 0. The van der Waals surface area contributed by atoms with E-state index in [1.54, 1.807) is 0 Å². The predicted molar refractivity (Wildman–Crippen MR) is 52.3 cm³/mol. The van der Waals surface area contributed by atoms with Crippen molar-refractivity contribution >= 4 is 5.91 Å². The Morgan fingerprint density at radius 1 is 1.23 bits per heavy atom. The highest BCUT2D eigenvalue weighted by molar-refractivity contribution is 5.79. The smallest absolute Gasteiger partial charge is 0.225 e. The number of rotatable bonds is 1. The van der Waals surface area contributed by atoms with Crippen molar-refractivity contribution in [3.05, 3.63) is 0 Å². The fourth-order valence-corrected chi connectivity index (χ4v) is 2.57. The summed E-state index contributed by atoms with van der Waals surface area (Å²) >= 11 is 0. The topological polar surface area (TPSA) is 20.3 Å². The lowest BCUT2D eigenvalue weighted by Crippen LogP contribution is -2.33. The van der Waals surface area contributed by atoms with Crippen molar-refractivity contribution in [2.24, 2.45) is 11.8 Å². The number of likely N-dealkylation sites (tertiary alicyclic amines) is 1. The molecule has 1 saturated carbocycles. The first-order chi connectivity index (χ1) is 6.27. The molecule has 0 aromatic carbocycles. The van der Waals surface area contributed by atoms with Crippen molar-refractivity contribution in [3.8, 4) is 0 Å². The number of amides is 1. The molecule has 1 unspecified atom stereocenters. The minimum atomic E-state index is 0.380. The quantitative estimate of drug-likeness (QED) is 0.606. The van der Waals surface area contributed by atoms with Gasteiger partial charge in [-0.2, -0.15) is 0 Å². The first kappa shape index (κ1) is 9.04. The standard InChI is InChI=1S/C11H19NO/c1-9-6-7-12(8-9)11(13)10-4-2-3-5-10/h9-10H,2-8H2,1H3. The maximum atomic E-state index is 11.9. The normalized spacial score (nSPS) is 29.9. The summed E-state index contributed by atoms with van der Waals surface area (Å²) < 4.78 is 0. The van der Waals surface area contributed by atoms with E-state index in [4.69, 9.17) is 0 Å². The van der Waals surface area contributed by atoms with Crippen LogP contribution in [-0.4, -0.2) is 23.9 Å². The zero-order chi connectivity index (χ0) is 9.26. The van der Waals surface area contributed by atoms with Crippen molar-refractivity contribution in [3.63, 3.8) is 0 Å². The molecule has 2 heteroatoms. The van der Waals surface area contributed by atoms with Crippen molar-refractivity contribution in [2.75, 3.05) is 13.1 Å². The van der Waals surface area contributed by atoms with E-state index in [9.17, 15) is 4.79 Å². The maximum absolute atomic E-state index is 11.9. The average Bonchev–Trinajstić information content (AvgIpc) is 2.72. The highest BCUT2D eigenvalue weighted by Crippen LogP contribution is 2.28. The van der Waals surface area contributed by atoms with Crippen LogP contribution in [0.5, 0.6) is 0 Å². The van der Waals surface area contributed by atoms with Crippen molar-refractivity contribution in [1.29, 1.82) is 0 Å². The molecular formula is C11H19NO. The molecule has 1 atom stereocenters. The van der Waals surface area contributed by atoms with Crippen LogP contribution in [0.4, 0.5) is 0 Å². The molecule has 0 aromatic rings. The Kier molecular flexibility index (Phi) is 2.56. The molecule has 0 bridgehead atoms. The van der Waals surface area contributed by atoms with E-state index in [1.165, 1.54) is 19.3 Å². The summed E-state index contributed by atoms with van der Waals surface area (Å²) in [7, 11) is 0. The van der Waals surface area contributed by atoms with Gasteiger partial charge in [0.15, 0.2) is 0 Å². The van der Waals surface area contributed by atoms with E-state index in [0.717, 1.165) is 31.8 Å². The molecule has 0 N–H and O–H groups in total. The average molecular weight is 181 g/mol. The van der Waals surface area contributed by atoms with Gasteiger partial charge in [-0.1, -0.05) is 19.8 Å². The summed E-state index contributed by atoms with van der Waals surface area (Å²) in [6.07, 6.45) is 6.02. The highest BCUT2D eigenvalue weighted by atomic mass is 16.2. The Morgan fingerprint density at radius 2 is 1.92 bits per heavy atom. The summed E-state index contributed by atoms with van der Waals surface area (Å²) in [4.78, 5) is 14.0. The molecule has 1 aliphatic carbocycles. The van der Waals surface area contributed by atoms with Gasteiger partial charge in [0, 0.05) is 19.0 Å². The summed E-state index contributed by atoms with van der Waals surface area (Å²) in [6, 6.07) is 0. The van der Waals surface area contributed by atoms with E-state index in [2.05, 4.69) is 11.8 Å². The minimum absolute atomic E-state index is 0.380. The second-order valence-corrected chi connectivity index (χ2v) is 4.66. The van der Waals surface area contributed by atoms with Crippen molar-refractivity contribution < 1.29 is 4.79 Å². The number of carbonyl (C=O) groups excluding carboxylic acids is 1. The summed E-state index contributed by atoms with van der Waals surface area (Å²) in [5.41, 5.74) is 0. The molecule has 2 rings (SSSR count). The molecule has 1 amide bonds. The number of carbonyl (C=O) groups is 1. The molecule has 0 aromatic heterocycles. The van der Waals surface area contributed by atoms with Crippen LogP contribution in [0.2, 0.25) is 0 Å². The first-order valence-corrected chi connectivity index (χ1v) is 5.56. The molecule has 2 nitrogen and oxygen atoms in total. The summed E-state index contributed by atoms with van der Waals surface area (Å²) in [5.74, 6) is 1.55. The largest absolute Gasteiger partial charge is 0.342 e. The molecule has 2 aliphatic rings. The number of hydrogen-bond donors (Lipinski definition) is 0. The third kappa shape index (κ3) is 1.87. The monoisotopic (exact) mass is 181 g/mol. The highest BCUT2D eigenvalue weighted by Gasteiger charge is 2.30. The molecule has 0 spiro atoms. The predicted octanol–water partition coefficient (Wildman–Crippen LogP) is 2.04. The van der Waals surface area contributed by atoms with Crippen LogP contribution in [0.1, 0.15) is 39.0 Å². The molecule has 1 heterocycles. The molecule has 1 aliphatic heterocycles. The van der Waals surface area contributed by atoms with Gasteiger partial charge in [-0.25, -0.2) is 0 Å². The van der Waals surface area contributed by atoms with Crippen LogP contribution in [0.3, 0.4) is 0 Å². The molecule has 1 saturated heterocycles. The van der Waals surface area contributed by atoms with Crippen LogP contribution < -0.4 is 0 Å². The van der Waals surface area contributed by atoms with Gasteiger partial charge < -0.3 is 4.90 Å². The van der Waals surface area contributed by atoms with Crippen LogP contribution in [0.15, 0.2) is 0 Å². The Morgan fingerprint density at radius 3 is 2.46 bits per heavy atom. The lowest BCUT2D eigenvalue weighted by molar-refractivity contribution is -0.134. The molecular weight excluding hydrogens is 162 g/mol. The number of nitrogens with zero attached hydrogens (tertiary/aromatic N) is 1. The van der Waals surface area contributed by atoms with Gasteiger partial charge in [-0.3, -0.25) is 4.79 Å². The summed E-state index contributed by atoms with van der Waals surface area (Å²) in [6.45, 7) is 4.26. The third-order valence-corrected chi connectivity index (χ3v) is 3.44. The Hall–Kier alpha value is -0.530. The Labute approximate surface area is 80.3 Å². The number of hydrogen-bond acceptors (Lipinski definition) is 1. The molecule has 0 radical (unpaired) electrons. The maximum Gasteiger partial charge on any atom is 0.225 e. The van der Waals surface area contributed by atoms with Gasteiger partial charge in [-0.15, -0.1) is 0 Å². The van der Waals surface area contributed by atoms with E-state index < -0.39 is 0 Å². The van der Waals surface area contributed by atoms with Gasteiger partial charge >= 0.3 is 0 Å². The molecule has 13 heavy (non-hydrogen) atoms. The zero-order valence-corrected chi connectivity index (χ0v) is 8.46. The SMILES string of the molecule is CC1CCN(C(=O)C2CCCC2)C1. The van der Waals surface area contributed by atoms with Crippen LogP contribution in [0.25, 0.3) is 0 Å². The van der Waals surface area contributed by atoms with Crippen molar-refractivity contribution in [1.82, 2.24) is 4.90 Å². The third-order valence-electron chi connectivity index (χ3n) is 3.44. The fraction of sp³-hybridized carbons (Fsp3) is 0.909. The second-order valence-electron chi connectivity index (χ2n) is 4.66. The van der Waals surface area contributed by atoms with Gasteiger partial charge in [-0.05, 0) is 25.2 Å². The Bertz CT molecular complexity index is 196. The lowest BCUT2D eigenvalue weighted by atomic mass is 10.1. The zero-order valence-electron chi connectivity index (χ0n) is 8.46. The van der Waals surface area contributed by atoms with E-state index in [1.807, 2.05) is 0 Å². The van der Waals surface area contributed by atoms with Gasteiger partial charge in [0.25, 0.3) is 0 Å². The molecule has 2 fully saturated rings. The van der Waals surface area contributed by atoms with Gasteiger partial charge in [0.2, 0.25) is 5.91 Å². The van der Waals surface area contributed by atoms with E-state index >= 15 is 0 Å².